The maximum absolute atomic E-state index is 12.8. The number of likely N-dealkylation sites (N-methyl/N-ethyl adjacent to an activating group) is 1. The van der Waals surface area contributed by atoms with Gasteiger partial charge in [0.25, 0.3) is 5.91 Å². The van der Waals surface area contributed by atoms with Gasteiger partial charge >= 0.3 is 0 Å². The van der Waals surface area contributed by atoms with Crippen LogP contribution in [0.1, 0.15) is 20.8 Å². The number of anilines is 1. The molecule has 0 saturated carbocycles. The summed E-state index contributed by atoms with van der Waals surface area (Å²) in [5.41, 5.74) is 7.68. The van der Waals surface area contributed by atoms with Gasteiger partial charge in [0.05, 0.1) is 23.1 Å². The summed E-state index contributed by atoms with van der Waals surface area (Å²) in [4.78, 5) is 30.9. The average Bonchev–Trinajstić information content (AvgIpc) is 2.58. The average molecular weight is 302 g/mol. The van der Waals surface area contributed by atoms with Crippen molar-refractivity contribution in [2.75, 3.05) is 11.9 Å². The molecule has 1 aliphatic rings. The molecule has 0 radical (unpaired) electrons. The zero-order valence-electron chi connectivity index (χ0n) is 13.3. The van der Waals surface area contributed by atoms with Gasteiger partial charge in [0.15, 0.2) is 0 Å². The number of hydrogen-bond acceptors (Lipinski definition) is 4. The number of carbonyl (C=O) groups is 2. The van der Waals surface area contributed by atoms with E-state index in [-0.39, 0.29) is 17.7 Å². The van der Waals surface area contributed by atoms with Crippen LogP contribution in [-0.4, -0.2) is 36.7 Å². The van der Waals surface area contributed by atoms with Gasteiger partial charge in [0.2, 0.25) is 5.91 Å². The number of carbonyl (C=O) groups excluding carboxylic acids is 2. The molecule has 2 rings (SSSR count). The lowest BCUT2D eigenvalue weighted by atomic mass is 9.99. The molecular formula is C16H22N4O2. The van der Waals surface area contributed by atoms with E-state index in [1.54, 1.807) is 14.0 Å². The number of para-hydroxylation sites is 2. The van der Waals surface area contributed by atoms with E-state index in [1.165, 1.54) is 4.90 Å². The molecular weight excluding hydrogens is 280 g/mol. The highest BCUT2D eigenvalue weighted by atomic mass is 16.2. The van der Waals surface area contributed by atoms with E-state index in [0.29, 0.717) is 5.71 Å². The molecule has 22 heavy (non-hydrogen) atoms. The lowest BCUT2D eigenvalue weighted by Crippen LogP contribution is -2.55. The van der Waals surface area contributed by atoms with Gasteiger partial charge in [0.1, 0.15) is 6.04 Å². The van der Waals surface area contributed by atoms with Crippen LogP contribution in [0.3, 0.4) is 0 Å². The summed E-state index contributed by atoms with van der Waals surface area (Å²) in [6.07, 6.45) is 0. The van der Waals surface area contributed by atoms with Crippen molar-refractivity contribution in [2.24, 2.45) is 16.6 Å². The lowest BCUT2D eigenvalue weighted by molar-refractivity contribution is -0.126. The van der Waals surface area contributed by atoms with Crippen LogP contribution in [0.2, 0.25) is 0 Å². The molecule has 0 aromatic heterocycles. The summed E-state index contributed by atoms with van der Waals surface area (Å²) < 4.78 is 0. The predicted octanol–water partition coefficient (Wildman–Crippen LogP) is 1.22. The second-order valence-electron chi connectivity index (χ2n) is 5.81. The summed E-state index contributed by atoms with van der Waals surface area (Å²) in [6.45, 7) is 5.48. The number of rotatable bonds is 3. The minimum Gasteiger partial charge on any atom is -0.338 e. The third-order valence-electron chi connectivity index (χ3n) is 3.66. The van der Waals surface area contributed by atoms with Gasteiger partial charge in [-0.3, -0.25) is 14.6 Å². The number of fused-ring (bicyclic) bond motifs is 1. The van der Waals surface area contributed by atoms with Crippen LogP contribution in [0.4, 0.5) is 11.4 Å². The molecule has 0 aliphatic carbocycles. The fraction of sp³-hybridized carbons (Fsp3) is 0.438. The summed E-state index contributed by atoms with van der Waals surface area (Å²) in [5.74, 6) is -0.570. The largest absolute Gasteiger partial charge is 0.338 e. The Balaban J connectivity index is 2.50. The second kappa shape index (κ2) is 6.27. The molecule has 6 nitrogen and oxygen atoms in total. The van der Waals surface area contributed by atoms with E-state index >= 15 is 0 Å². The Kier molecular flexibility index (Phi) is 4.61. The van der Waals surface area contributed by atoms with Crippen molar-refractivity contribution in [2.45, 2.75) is 32.9 Å². The smallest absolute Gasteiger partial charge is 0.255 e. The summed E-state index contributed by atoms with van der Waals surface area (Å²) in [7, 11) is 1.69. The van der Waals surface area contributed by atoms with Crippen LogP contribution in [0.15, 0.2) is 29.3 Å². The van der Waals surface area contributed by atoms with Gasteiger partial charge in [-0.15, -0.1) is 0 Å². The molecule has 0 saturated heterocycles. The first-order valence-corrected chi connectivity index (χ1v) is 7.34. The number of nitrogens with two attached hydrogens (primary N) is 1. The van der Waals surface area contributed by atoms with Crippen molar-refractivity contribution in [1.82, 2.24) is 5.32 Å². The molecule has 0 fully saturated rings. The topological polar surface area (TPSA) is 87.8 Å². The van der Waals surface area contributed by atoms with E-state index in [1.807, 2.05) is 38.1 Å². The summed E-state index contributed by atoms with van der Waals surface area (Å²) >= 11 is 0. The third kappa shape index (κ3) is 3.01. The first kappa shape index (κ1) is 16.2. The predicted molar refractivity (Wildman–Crippen MR) is 87.4 cm³/mol. The number of nitrogens with zero attached hydrogens (tertiary/aromatic N) is 2. The van der Waals surface area contributed by atoms with E-state index in [9.17, 15) is 9.59 Å². The number of aliphatic imine (C=N–C) groups is 1. The summed E-state index contributed by atoms with van der Waals surface area (Å²) in [5, 5.41) is 2.72. The van der Waals surface area contributed by atoms with Crippen LogP contribution in [0.25, 0.3) is 0 Å². The van der Waals surface area contributed by atoms with Crippen LogP contribution >= 0.6 is 0 Å². The van der Waals surface area contributed by atoms with Crippen LogP contribution in [-0.2, 0) is 9.59 Å². The first-order chi connectivity index (χ1) is 10.3. The molecule has 1 unspecified atom stereocenters. The van der Waals surface area contributed by atoms with Gasteiger partial charge in [-0.05, 0) is 25.0 Å². The number of nitrogens with one attached hydrogen (secondary N) is 1. The van der Waals surface area contributed by atoms with Crippen LogP contribution in [0.5, 0.6) is 0 Å². The van der Waals surface area contributed by atoms with Crippen molar-refractivity contribution < 1.29 is 9.59 Å². The molecule has 1 aliphatic heterocycles. The molecule has 0 bridgehead atoms. The van der Waals surface area contributed by atoms with E-state index in [0.717, 1.165) is 11.4 Å². The van der Waals surface area contributed by atoms with Crippen molar-refractivity contribution >= 4 is 28.9 Å². The zero-order valence-corrected chi connectivity index (χ0v) is 13.3. The van der Waals surface area contributed by atoms with Crippen molar-refractivity contribution in [3.05, 3.63) is 24.3 Å². The van der Waals surface area contributed by atoms with Gasteiger partial charge in [-0.25, -0.2) is 0 Å². The molecule has 118 valence electrons. The van der Waals surface area contributed by atoms with E-state index < -0.39 is 12.1 Å². The Morgan fingerprint density at radius 3 is 2.55 bits per heavy atom. The van der Waals surface area contributed by atoms with Gasteiger partial charge in [-0.2, -0.15) is 0 Å². The number of benzene rings is 1. The fourth-order valence-electron chi connectivity index (χ4n) is 2.36. The Morgan fingerprint density at radius 1 is 1.32 bits per heavy atom. The molecule has 1 heterocycles. The zero-order chi connectivity index (χ0) is 16.4. The Labute approximate surface area is 130 Å². The second-order valence-corrected chi connectivity index (χ2v) is 5.81. The maximum atomic E-state index is 12.8. The molecule has 2 amide bonds. The third-order valence-corrected chi connectivity index (χ3v) is 3.66. The Bertz CT molecular complexity index is 622. The molecule has 3 N–H and O–H groups in total. The number of amides is 2. The van der Waals surface area contributed by atoms with Crippen molar-refractivity contribution in [3.8, 4) is 0 Å². The normalized spacial score (nSPS) is 19.4. The molecule has 1 aromatic rings. The monoisotopic (exact) mass is 302 g/mol. The van der Waals surface area contributed by atoms with Gasteiger partial charge in [-0.1, -0.05) is 26.0 Å². The highest BCUT2D eigenvalue weighted by molar-refractivity contribution is 6.19. The molecule has 6 heteroatoms. The SMILES string of the molecule is CC(C)C1=Nc2ccccc2N(C)C(=O)C1NC(=O)[C@H](C)N. The van der Waals surface area contributed by atoms with Crippen LogP contribution in [0, 0.1) is 5.92 Å². The van der Waals surface area contributed by atoms with Crippen molar-refractivity contribution in [3.63, 3.8) is 0 Å². The molecule has 2 atom stereocenters. The quantitative estimate of drug-likeness (QED) is 0.880. The minimum absolute atomic E-state index is 0.0156. The summed E-state index contributed by atoms with van der Waals surface area (Å²) in [6, 6.07) is 5.95. The van der Waals surface area contributed by atoms with Crippen molar-refractivity contribution in [1.29, 1.82) is 0 Å². The Hall–Kier alpha value is -2.21. The maximum Gasteiger partial charge on any atom is 0.255 e. The molecule has 0 spiro atoms. The lowest BCUT2D eigenvalue weighted by Gasteiger charge is -2.25. The first-order valence-electron chi connectivity index (χ1n) is 7.34. The van der Waals surface area contributed by atoms with Crippen LogP contribution < -0.4 is 16.0 Å². The minimum atomic E-state index is -0.795. The fourth-order valence-corrected chi connectivity index (χ4v) is 2.36. The van der Waals surface area contributed by atoms with Gasteiger partial charge in [0, 0.05) is 7.05 Å². The number of hydrogen-bond donors (Lipinski definition) is 2. The van der Waals surface area contributed by atoms with Gasteiger partial charge < -0.3 is 16.0 Å². The van der Waals surface area contributed by atoms with E-state index in [4.69, 9.17) is 5.73 Å². The Morgan fingerprint density at radius 2 is 1.95 bits per heavy atom. The highest BCUT2D eigenvalue weighted by Gasteiger charge is 2.34. The standard InChI is InChI=1S/C16H22N4O2/c1-9(2)13-14(19-15(21)10(3)17)16(22)20(4)12-8-6-5-7-11(12)18-13/h5-10,14H,17H2,1-4H3,(H,19,21)/t10-,14?/m0/s1. The van der Waals surface area contributed by atoms with E-state index in [2.05, 4.69) is 10.3 Å². The highest BCUT2D eigenvalue weighted by Crippen LogP contribution is 2.31. The molecule has 1 aromatic carbocycles.